The molecular weight excluding hydrogens is 137 g/mol. The first-order valence-electron chi connectivity index (χ1n) is 3.46. The zero-order valence-electron chi connectivity index (χ0n) is 6.97. The summed E-state index contributed by atoms with van der Waals surface area (Å²) >= 11 is 0. The van der Waals surface area contributed by atoms with Crippen LogP contribution in [-0.4, -0.2) is 17.9 Å². The van der Waals surface area contributed by atoms with E-state index in [0.29, 0.717) is 11.3 Å². The van der Waals surface area contributed by atoms with Crippen LogP contribution in [0.25, 0.3) is 0 Å². The van der Waals surface area contributed by atoms with Crippen molar-refractivity contribution in [2.45, 2.75) is 20.8 Å². The van der Waals surface area contributed by atoms with E-state index in [1.807, 2.05) is 13.8 Å². The van der Waals surface area contributed by atoms with E-state index in [0.717, 1.165) is 11.1 Å². The molecule has 0 saturated heterocycles. The van der Waals surface area contributed by atoms with Gasteiger partial charge in [-0.15, -0.1) is 0 Å². The standard InChI is InChI=1S/C8H10BNO/c1-4-5(2)8(9)10-6(3)7(4)11/h11H,1-3H3. The van der Waals surface area contributed by atoms with Crippen molar-refractivity contribution < 1.29 is 5.11 Å². The second-order valence-corrected chi connectivity index (χ2v) is 2.68. The van der Waals surface area contributed by atoms with Crippen LogP contribution in [0.15, 0.2) is 0 Å². The van der Waals surface area contributed by atoms with Crippen molar-refractivity contribution >= 4 is 13.4 Å². The maximum absolute atomic E-state index is 9.39. The van der Waals surface area contributed by atoms with Gasteiger partial charge in [0.1, 0.15) is 13.6 Å². The number of hydrogen-bond acceptors (Lipinski definition) is 2. The van der Waals surface area contributed by atoms with Crippen LogP contribution in [0.1, 0.15) is 16.8 Å². The van der Waals surface area contributed by atoms with E-state index in [-0.39, 0.29) is 5.75 Å². The molecule has 1 aromatic heterocycles. The molecule has 0 unspecified atom stereocenters. The van der Waals surface area contributed by atoms with Gasteiger partial charge in [-0.2, -0.15) is 0 Å². The highest BCUT2D eigenvalue weighted by Crippen LogP contribution is 2.19. The minimum Gasteiger partial charge on any atom is -0.506 e. The van der Waals surface area contributed by atoms with Crippen LogP contribution < -0.4 is 5.59 Å². The quantitative estimate of drug-likeness (QED) is 0.542. The number of aryl methyl sites for hydroxylation is 1. The van der Waals surface area contributed by atoms with E-state index in [4.69, 9.17) is 7.85 Å². The third-order valence-corrected chi connectivity index (χ3v) is 1.93. The van der Waals surface area contributed by atoms with Gasteiger partial charge in [-0.25, -0.2) is 0 Å². The molecule has 56 valence electrons. The molecule has 11 heavy (non-hydrogen) atoms. The zero-order valence-corrected chi connectivity index (χ0v) is 6.97. The van der Waals surface area contributed by atoms with Gasteiger partial charge in [-0.1, -0.05) is 0 Å². The van der Waals surface area contributed by atoms with Crippen molar-refractivity contribution in [2.24, 2.45) is 0 Å². The second kappa shape index (κ2) is 2.57. The Balaban J connectivity index is 3.46. The molecule has 0 bridgehead atoms. The van der Waals surface area contributed by atoms with E-state index in [2.05, 4.69) is 4.98 Å². The Bertz CT molecular complexity index is 270. The fraction of sp³-hybridized carbons (Fsp3) is 0.375. The van der Waals surface area contributed by atoms with Gasteiger partial charge in [0.15, 0.2) is 0 Å². The molecule has 2 nitrogen and oxygen atoms in total. The average molecular weight is 147 g/mol. The predicted molar refractivity (Wildman–Crippen MR) is 45.5 cm³/mol. The van der Waals surface area contributed by atoms with E-state index >= 15 is 0 Å². The summed E-state index contributed by atoms with van der Waals surface area (Å²) in [5, 5.41) is 9.39. The van der Waals surface area contributed by atoms with Crippen LogP contribution in [0, 0.1) is 20.8 Å². The number of aromatic nitrogens is 1. The van der Waals surface area contributed by atoms with Gasteiger partial charge in [0, 0.05) is 0 Å². The van der Waals surface area contributed by atoms with E-state index in [1.165, 1.54) is 0 Å². The first kappa shape index (κ1) is 8.11. The molecule has 0 fully saturated rings. The number of nitrogens with zero attached hydrogens (tertiary/aromatic N) is 1. The van der Waals surface area contributed by atoms with Crippen LogP contribution in [0.3, 0.4) is 0 Å². The van der Waals surface area contributed by atoms with Crippen LogP contribution in [0.4, 0.5) is 0 Å². The largest absolute Gasteiger partial charge is 0.506 e. The fourth-order valence-corrected chi connectivity index (χ4v) is 0.959. The fourth-order valence-electron chi connectivity index (χ4n) is 0.959. The van der Waals surface area contributed by atoms with Gasteiger partial charge in [0.2, 0.25) is 0 Å². The molecule has 1 N–H and O–H groups in total. The smallest absolute Gasteiger partial charge is 0.142 e. The molecule has 0 aliphatic carbocycles. The summed E-state index contributed by atoms with van der Waals surface area (Å²) in [5.41, 5.74) is 2.76. The van der Waals surface area contributed by atoms with Crippen LogP contribution in [-0.2, 0) is 0 Å². The lowest BCUT2D eigenvalue weighted by atomic mass is 9.94. The maximum Gasteiger partial charge on any atom is 0.142 e. The molecule has 3 heteroatoms. The van der Waals surface area contributed by atoms with Crippen molar-refractivity contribution in [3.8, 4) is 5.75 Å². The highest BCUT2D eigenvalue weighted by atomic mass is 16.3. The monoisotopic (exact) mass is 147 g/mol. The van der Waals surface area contributed by atoms with Crippen molar-refractivity contribution in [2.75, 3.05) is 0 Å². The second-order valence-electron chi connectivity index (χ2n) is 2.68. The molecule has 0 spiro atoms. The van der Waals surface area contributed by atoms with Crippen LogP contribution in [0.2, 0.25) is 0 Å². The van der Waals surface area contributed by atoms with Crippen LogP contribution in [0.5, 0.6) is 5.75 Å². The number of rotatable bonds is 0. The molecule has 2 radical (unpaired) electrons. The molecule has 0 atom stereocenters. The van der Waals surface area contributed by atoms with Gasteiger partial charge in [0.05, 0.1) is 5.69 Å². The summed E-state index contributed by atoms with van der Waals surface area (Å²) in [6.07, 6.45) is 0. The topological polar surface area (TPSA) is 33.1 Å². The highest BCUT2D eigenvalue weighted by molar-refractivity contribution is 6.31. The Labute approximate surface area is 67.7 Å². The number of pyridine rings is 1. The normalized spacial score (nSPS) is 10.1. The average Bonchev–Trinajstić information content (AvgIpc) is 1.97. The summed E-state index contributed by atoms with van der Waals surface area (Å²) in [6, 6.07) is 0. The first-order chi connectivity index (χ1) is 5.04. The Kier molecular flexibility index (Phi) is 1.89. The molecule has 0 aliphatic heterocycles. The summed E-state index contributed by atoms with van der Waals surface area (Å²) in [6.45, 7) is 5.41. The Morgan fingerprint density at radius 3 is 2.27 bits per heavy atom. The highest BCUT2D eigenvalue weighted by Gasteiger charge is 2.06. The Morgan fingerprint density at radius 1 is 1.18 bits per heavy atom. The van der Waals surface area contributed by atoms with E-state index in [1.54, 1.807) is 6.92 Å². The Hall–Kier alpha value is -0.985. The minimum atomic E-state index is 0.247. The van der Waals surface area contributed by atoms with E-state index in [9.17, 15) is 5.11 Å². The molecule has 1 rings (SSSR count). The maximum atomic E-state index is 9.39. The van der Waals surface area contributed by atoms with Crippen molar-refractivity contribution in [3.05, 3.63) is 16.8 Å². The first-order valence-corrected chi connectivity index (χ1v) is 3.46. The summed E-state index contributed by atoms with van der Waals surface area (Å²) < 4.78 is 0. The Morgan fingerprint density at radius 2 is 1.73 bits per heavy atom. The van der Waals surface area contributed by atoms with Gasteiger partial charge >= 0.3 is 0 Å². The third kappa shape index (κ3) is 1.23. The van der Waals surface area contributed by atoms with Gasteiger partial charge in [-0.3, -0.25) is 4.98 Å². The van der Waals surface area contributed by atoms with Crippen molar-refractivity contribution in [1.82, 2.24) is 4.98 Å². The van der Waals surface area contributed by atoms with Crippen molar-refractivity contribution in [3.63, 3.8) is 0 Å². The predicted octanol–water partition coefficient (Wildman–Crippen LogP) is 0.506. The molecule has 1 heterocycles. The van der Waals surface area contributed by atoms with E-state index < -0.39 is 0 Å². The zero-order chi connectivity index (χ0) is 8.59. The number of hydrogen-bond donors (Lipinski definition) is 1. The van der Waals surface area contributed by atoms with Crippen molar-refractivity contribution in [1.29, 1.82) is 0 Å². The molecule has 1 aromatic rings. The van der Waals surface area contributed by atoms with Crippen LogP contribution >= 0.6 is 0 Å². The number of aromatic hydroxyl groups is 1. The SMILES string of the molecule is [B]c1nc(C)c(O)c(C)c1C. The lowest BCUT2D eigenvalue weighted by Gasteiger charge is -2.08. The van der Waals surface area contributed by atoms with Gasteiger partial charge in [0.25, 0.3) is 0 Å². The van der Waals surface area contributed by atoms with Gasteiger partial charge < -0.3 is 5.11 Å². The van der Waals surface area contributed by atoms with Gasteiger partial charge in [-0.05, 0) is 37.5 Å². The summed E-state index contributed by atoms with van der Waals surface area (Å²) in [5.74, 6) is 0.247. The third-order valence-electron chi connectivity index (χ3n) is 1.93. The minimum absolute atomic E-state index is 0.247. The molecule has 0 aliphatic rings. The molecular formula is C8H10BNO. The lowest BCUT2D eigenvalue weighted by Crippen LogP contribution is -2.15. The summed E-state index contributed by atoms with van der Waals surface area (Å²) in [4.78, 5) is 3.96. The molecule has 0 aromatic carbocycles. The molecule has 0 saturated carbocycles. The molecule has 0 amide bonds. The summed E-state index contributed by atoms with van der Waals surface area (Å²) in [7, 11) is 5.57. The lowest BCUT2D eigenvalue weighted by molar-refractivity contribution is 0.463.